The van der Waals surface area contributed by atoms with Crippen LogP contribution in [0.2, 0.25) is 5.02 Å². The minimum absolute atomic E-state index is 0.0493. The number of nitrogens with zero attached hydrogens (tertiary/aromatic N) is 6. The molecule has 560 valence electrons. The maximum atomic E-state index is 12.7. The van der Waals surface area contributed by atoms with Gasteiger partial charge < -0.3 is 57.7 Å². The van der Waals surface area contributed by atoms with Crippen molar-refractivity contribution < 1.29 is 147 Å². The van der Waals surface area contributed by atoms with Crippen LogP contribution in [0.3, 0.4) is 0 Å². The van der Waals surface area contributed by atoms with Gasteiger partial charge in [0.25, 0.3) is 25.7 Å². The lowest BCUT2D eigenvalue weighted by Gasteiger charge is -2.14. The lowest BCUT2D eigenvalue weighted by atomic mass is 10.1. The number of esters is 2. The number of nitro benzene ring substituents is 1. The van der Waals surface area contributed by atoms with Gasteiger partial charge in [-0.2, -0.15) is 59.1 Å². The molecule has 1 unspecified atom stereocenters. The summed E-state index contributed by atoms with van der Waals surface area (Å²) in [7, 11) is -14.3. The molecule has 3 aromatic heterocycles. The third-order valence-corrected chi connectivity index (χ3v) is 15.8. The lowest BCUT2D eigenvalue weighted by Crippen LogP contribution is -2.36. The lowest BCUT2D eigenvalue weighted by molar-refractivity contribution is -0.385. The molecule has 3 heterocycles. The van der Waals surface area contributed by atoms with Gasteiger partial charge in [-0.05, 0) is 66.3 Å². The number of rotatable bonds is 26. The normalized spacial score (nSPS) is 11.6. The molecular formula is C52H56ClF7N11O26PS4. The number of amides is 4. The number of carboxylic acids is 2. The molecule has 50 heteroatoms. The van der Waals surface area contributed by atoms with Gasteiger partial charge in [0.15, 0.2) is 21.5 Å². The zero-order valence-corrected chi connectivity index (χ0v) is 57.8. The van der Waals surface area contributed by atoms with E-state index >= 15 is 0 Å². The van der Waals surface area contributed by atoms with Crippen molar-refractivity contribution in [3.63, 3.8) is 0 Å². The summed E-state index contributed by atoms with van der Waals surface area (Å²) in [6.45, 7) is -5.12. The molecule has 6 rings (SSSR count). The molecule has 37 nitrogen and oxygen atoms in total. The number of aromatic carboxylic acids is 1. The number of aromatic nitrogens is 5. The van der Waals surface area contributed by atoms with E-state index < -0.39 is 172 Å². The van der Waals surface area contributed by atoms with E-state index in [1.807, 2.05) is 5.32 Å². The van der Waals surface area contributed by atoms with Crippen LogP contribution in [0.4, 0.5) is 57.9 Å². The van der Waals surface area contributed by atoms with Gasteiger partial charge in [-0.25, -0.2) is 55.2 Å². The Hall–Kier alpha value is -10.1. The summed E-state index contributed by atoms with van der Waals surface area (Å²) >= 11 is 5.81. The third kappa shape index (κ3) is 31.6. The van der Waals surface area contributed by atoms with Crippen molar-refractivity contribution in [1.29, 1.82) is 0 Å². The maximum absolute atomic E-state index is 12.7. The number of hydrogen-bond acceptors (Lipinski definition) is 29. The highest BCUT2D eigenvalue weighted by Crippen LogP contribution is 2.38. The highest BCUT2D eigenvalue weighted by atomic mass is 35.5. The number of aliphatic carboxylic acids is 1. The van der Waals surface area contributed by atoms with Gasteiger partial charge in [-0.15, -0.1) is 0 Å². The molecule has 0 aliphatic rings. The first-order valence-electron chi connectivity index (χ1n) is 26.8. The summed E-state index contributed by atoms with van der Waals surface area (Å²) < 4.78 is 206. The van der Waals surface area contributed by atoms with Gasteiger partial charge in [0.05, 0.1) is 91.4 Å². The Morgan fingerprint density at radius 2 is 1.23 bits per heavy atom. The highest BCUT2D eigenvalue weighted by Gasteiger charge is 2.33. The minimum atomic E-state index is -4.71. The highest BCUT2D eigenvalue weighted by molar-refractivity contribution is 7.94. The van der Waals surface area contributed by atoms with Crippen molar-refractivity contribution in [1.82, 2.24) is 39.7 Å². The molecule has 102 heavy (non-hydrogen) atoms. The average Bonchev–Trinajstić information content (AvgIpc) is 0.793. The number of alkyl halides is 7. The Kier molecular flexibility index (Phi) is 34.8. The molecule has 0 saturated carbocycles. The van der Waals surface area contributed by atoms with E-state index in [0.717, 1.165) is 54.7 Å². The largest absolute Gasteiger partial charge is 0.778 e. The number of pyridine rings is 1. The number of sulfonamides is 2. The number of anilines is 2. The van der Waals surface area contributed by atoms with Gasteiger partial charge in [0.1, 0.15) is 34.4 Å². The number of carbonyl (C=O) groups excluding carboxylic acids is 4. The Morgan fingerprint density at radius 1 is 0.716 bits per heavy atom. The summed E-state index contributed by atoms with van der Waals surface area (Å²) in [5.74, 6) is -8.50. The second-order valence-electron chi connectivity index (χ2n) is 18.4. The van der Waals surface area contributed by atoms with Crippen molar-refractivity contribution in [2.45, 2.75) is 48.1 Å². The van der Waals surface area contributed by atoms with Crippen LogP contribution in [0.15, 0.2) is 106 Å². The van der Waals surface area contributed by atoms with E-state index in [4.69, 9.17) is 45.7 Å². The fraction of sp³-hybridized carbons (Fsp3) is 0.288. The van der Waals surface area contributed by atoms with Crippen molar-refractivity contribution in [3.05, 3.63) is 123 Å². The molecule has 0 aliphatic carbocycles. The van der Waals surface area contributed by atoms with Crippen LogP contribution in [0, 0.1) is 10.1 Å². The minimum Gasteiger partial charge on any atom is -0.778 e. The Balaban J connectivity index is 0.000000474. The number of sulfone groups is 1. The Bertz CT molecular complexity index is 4300. The van der Waals surface area contributed by atoms with E-state index in [0.29, 0.717) is 23.0 Å². The summed E-state index contributed by atoms with van der Waals surface area (Å²) in [6, 6.07) is 11.1. The second-order valence-corrected chi connectivity index (χ2v) is 28.4. The number of nitro groups is 1. The molecule has 1 atom stereocenters. The van der Waals surface area contributed by atoms with Gasteiger partial charge in [0.2, 0.25) is 35.4 Å². The molecule has 0 spiro atoms. The molecule has 0 saturated heterocycles. The van der Waals surface area contributed by atoms with Crippen molar-refractivity contribution >= 4 is 113 Å². The Labute approximate surface area is 579 Å². The molecule has 0 bridgehead atoms. The summed E-state index contributed by atoms with van der Waals surface area (Å²) in [5, 5.41) is 32.8. The van der Waals surface area contributed by atoms with Crippen LogP contribution < -0.4 is 54.0 Å². The number of ether oxygens (including phenoxy) is 7. The van der Waals surface area contributed by atoms with Gasteiger partial charge in [-0.1, -0.05) is 30.7 Å². The van der Waals surface area contributed by atoms with E-state index in [1.54, 1.807) is 10.0 Å². The van der Waals surface area contributed by atoms with Crippen LogP contribution in [0.5, 0.6) is 35.0 Å². The number of urea groups is 2. The zero-order valence-electron chi connectivity index (χ0n) is 52.9. The number of nitrogens with one attached hydrogen (secondary N) is 5. The van der Waals surface area contributed by atoms with Crippen LogP contribution in [-0.2, 0) is 70.6 Å². The van der Waals surface area contributed by atoms with Crippen molar-refractivity contribution in [2.24, 2.45) is 0 Å². The van der Waals surface area contributed by atoms with E-state index in [2.05, 4.69) is 63.2 Å². The van der Waals surface area contributed by atoms with Crippen molar-refractivity contribution in [2.75, 3.05) is 75.4 Å². The number of methoxy groups -OCH3 is 2. The standard InChI is InChI=1S/C18H13ClF3NO7.C14H10F4N4O7S.C14H17N5O7S2.C3H8NO5P.C3H9S/c1-2-28-16(24)9-29-17(25)12-8-11(4-5-14(12)23(26)27)30-15-6-3-10(7-13(15)19)18(20,21)22;15-11(16)28-8-5-9(29-12(17)18)20-13(19-8)21-14(25)22-30(26,27)7-4-2-1-3-6(7)10(23)24;1-4-27(21,22)9-6-5-7-15-12(9)28(23,24)19-14(20)18-13-16-10(25-2)8-11(17-13)26-3;5-3(6)1-4-2-10(7,8)9;1-4(2)3/h3-8H,2,9H2,1H3;1-5,11-12H,(H,23,24)(H2,19,20,21,22,25);5-8H,4H2,1-3H3,(H2,16,17,18,19,20);4H,1-2H2,(H,5,6)(H2,7,8,9);1-3H3/q;;;;+1/p-1. The number of halogens is 8. The van der Waals surface area contributed by atoms with Crippen LogP contribution in [0.25, 0.3) is 0 Å². The summed E-state index contributed by atoms with van der Waals surface area (Å²) in [5.41, 5.74) is -2.81. The smallest absolute Gasteiger partial charge is 0.416 e. The summed E-state index contributed by atoms with van der Waals surface area (Å²) in [6.07, 6.45) is 2.36. The first-order chi connectivity index (χ1) is 47.3. The Morgan fingerprint density at radius 3 is 1.69 bits per heavy atom. The van der Waals surface area contributed by atoms with Gasteiger partial charge >= 0.3 is 55.3 Å². The van der Waals surface area contributed by atoms with Crippen LogP contribution in [-0.4, -0.2) is 184 Å². The fourth-order valence-electron chi connectivity index (χ4n) is 6.38. The SMILES string of the molecule is CCOC(=O)COC(=O)c1cc(Oc2ccc(C(F)(F)F)cc2Cl)ccc1[N+](=O)[O-].CCS(=O)(=O)c1cccnc1S(=O)(=O)NC(=O)Nc1nc(OC)cc(OC)n1.C[S+](C)C.O=C(Nc1nc(OC(F)F)cc(OC(F)F)n1)NS(=O)(=O)c1ccccc1C(=O)O.O=C(O)CNCP(=O)([O-])O. The zero-order chi connectivity index (χ0) is 77.7. The van der Waals surface area contributed by atoms with Crippen molar-refractivity contribution in [3.8, 4) is 35.0 Å². The topological polar surface area (TPSA) is 538 Å². The molecule has 8 N–H and O–H groups in total. The molecule has 0 radical (unpaired) electrons. The van der Waals surface area contributed by atoms with E-state index in [1.165, 1.54) is 57.1 Å². The molecule has 0 aliphatic heterocycles. The van der Waals surface area contributed by atoms with E-state index in [9.17, 15) is 104 Å². The molecule has 6 aromatic rings. The molecule has 0 fully saturated rings. The number of carbonyl (C=O) groups is 6. The van der Waals surface area contributed by atoms with Gasteiger partial charge in [-0.3, -0.25) is 30.9 Å². The van der Waals surface area contributed by atoms with Gasteiger partial charge in [0, 0.05) is 18.3 Å². The first-order valence-corrected chi connectivity index (χ1v) is 36.0. The molecular weight excluding hydrogens is 1520 g/mol. The third-order valence-electron chi connectivity index (χ3n) is 10.3. The molecule has 3 aromatic carbocycles. The number of benzene rings is 3. The monoisotopic (exact) mass is 1580 g/mol. The number of hydrogen-bond donors (Lipinski definition) is 8. The first kappa shape index (κ1) is 88.0. The van der Waals surface area contributed by atoms with E-state index in [-0.39, 0.29) is 46.6 Å². The average molecular weight is 1580 g/mol. The second kappa shape index (κ2) is 40.4. The molecule has 4 amide bonds. The fourth-order valence-corrected chi connectivity index (χ4v) is 10.6. The quantitative estimate of drug-likeness (QED) is 0.00827. The van der Waals surface area contributed by atoms with Crippen LogP contribution >= 0.6 is 19.2 Å². The van der Waals surface area contributed by atoms with Crippen LogP contribution in [0.1, 0.15) is 40.1 Å². The summed E-state index contributed by atoms with van der Waals surface area (Å²) in [4.78, 5) is 113. The predicted molar refractivity (Wildman–Crippen MR) is 336 cm³/mol. The predicted octanol–water partition coefficient (Wildman–Crippen LogP) is 5.52. The number of carboxylic acid groups (broad SMARTS) is 2. The maximum Gasteiger partial charge on any atom is 0.416 e.